The van der Waals surface area contributed by atoms with Crippen LogP contribution in [0.1, 0.15) is 38.1 Å². The SMILES string of the molecule is CC(C)(C)c1cccc(N2C(O)=C(O)C=NC2c2ccccc2)c1. The minimum absolute atomic E-state index is 0.0152. The fraction of sp³-hybridized carbons (Fsp3) is 0.250. The molecule has 0 spiro atoms. The molecule has 2 aromatic rings. The summed E-state index contributed by atoms with van der Waals surface area (Å²) in [6, 6.07) is 17.7. The first-order valence-corrected chi connectivity index (χ1v) is 7.98. The van der Waals surface area contributed by atoms with Crippen molar-refractivity contribution in [1.29, 1.82) is 0 Å². The molecule has 24 heavy (non-hydrogen) atoms. The van der Waals surface area contributed by atoms with Crippen molar-refractivity contribution in [3.05, 3.63) is 77.4 Å². The molecule has 0 bridgehead atoms. The first-order chi connectivity index (χ1) is 11.4. The van der Waals surface area contributed by atoms with Gasteiger partial charge in [0.05, 0.1) is 6.21 Å². The minimum Gasteiger partial charge on any atom is -0.502 e. The van der Waals surface area contributed by atoms with Crippen LogP contribution in [-0.4, -0.2) is 16.4 Å². The largest absolute Gasteiger partial charge is 0.502 e. The highest BCUT2D eigenvalue weighted by atomic mass is 16.3. The van der Waals surface area contributed by atoms with Crippen molar-refractivity contribution in [2.24, 2.45) is 4.99 Å². The molecule has 1 unspecified atom stereocenters. The van der Waals surface area contributed by atoms with Crippen molar-refractivity contribution in [3.63, 3.8) is 0 Å². The molecule has 2 aromatic carbocycles. The number of aliphatic hydroxyl groups is 2. The minimum atomic E-state index is -0.419. The summed E-state index contributed by atoms with van der Waals surface area (Å²) in [6.07, 6.45) is 0.884. The van der Waals surface area contributed by atoms with E-state index in [2.05, 4.69) is 31.8 Å². The Hall–Kier alpha value is -2.75. The van der Waals surface area contributed by atoms with Crippen LogP contribution in [0.5, 0.6) is 0 Å². The summed E-state index contributed by atoms with van der Waals surface area (Å²) in [5.74, 6) is -0.423. The summed E-state index contributed by atoms with van der Waals surface area (Å²) in [6.45, 7) is 6.42. The molecule has 1 heterocycles. The zero-order chi connectivity index (χ0) is 17.3. The van der Waals surface area contributed by atoms with Crippen molar-refractivity contribution in [3.8, 4) is 0 Å². The molecule has 0 aromatic heterocycles. The second kappa shape index (κ2) is 6.04. The zero-order valence-electron chi connectivity index (χ0n) is 14.1. The van der Waals surface area contributed by atoms with Crippen molar-refractivity contribution >= 4 is 11.9 Å². The van der Waals surface area contributed by atoms with Gasteiger partial charge in [-0.05, 0) is 28.7 Å². The van der Waals surface area contributed by atoms with Gasteiger partial charge in [-0.1, -0.05) is 63.2 Å². The van der Waals surface area contributed by atoms with E-state index in [4.69, 9.17) is 0 Å². The van der Waals surface area contributed by atoms with Gasteiger partial charge in [0.2, 0.25) is 5.88 Å². The molecule has 1 aliphatic heterocycles. The topological polar surface area (TPSA) is 56.1 Å². The standard InChI is InChI=1S/C20H22N2O2/c1-20(2,3)15-10-7-11-16(12-15)22-18(14-8-5-4-6-9-14)21-13-17(23)19(22)24/h4-13,18,23-24H,1-3H3. The van der Waals surface area contributed by atoms with Crippen molar-refractivity contribution < 1.29 is 10.2 Å². The fourth-order valence-electron chi connectivity index (χ4n) is 2.75. The lowest BCUT2D eigenvalue weighted by molar-refractivity contribution is 0.316. The Morgan fingerprint density at radius 2 is 1.67 bits per heavy atom. The average Bonchev–Trinajstić information content (AvgIpc) is 2.57. The maximum atomic E-state index is 10.5. The average molecular weight is 322 g/mol. The number of hydrogen-bond acceptors (Lipinski definition) is 4. The van der Waals surface area contributed by atoms with E-state index in [0.29, 0.717) is 0 Å². The van der Waals surface area contributed by atoms with Gasteiger partial charge in [-0.3, -0.25) is 9.89 Å². The summed E-state index contributed by atoms with van der Waals surface area (Å²) in [7, 11) is 0. The summed E-state index contributed by atoms with van der Waals surface area (Å²) in [5, 5.41) is 20.4. The molecule has 0 saturated carbocycles. The molecule has 4 nitrogen and oxygen atoms in total. The molecular weight excluding hydrogens is 300 g/mol. The maximum Gasteiger partial charge on any atom is 0.238 e. The number of rotatable bonds is 2. The third-order valence-electron chi connectivity index (χ3n) is 4.13. The van der Waals surface area contributed by atoms with Crippen LogP contribution < -0.4 is 4.90 Å². The molecule has 1 atom stereocenters. The quantitative estimate of drug-likeness (QED) is 0.830. The molecule has 0 radical (unpaired) electrons. The first kappa shape index (κ1) is 16.1. The fourth-order valence-corrected chi connectivity index (χ4v) is 2.75. The lowest BCUT2D eigenvalue weighted by Crippen LogP contribution is -2.31. The molecule has 1 aliphatic rings. The van der Waals surface area contributed by atoms with Gasteiger partial charge in [0.1, 0.15) is 0 Å². The highest BCUT2D eigenvalue weighted by molar-refractivity contribution is 5.80. The smallest absolute Gasteiger partial charge is 0.238 e. The summed E-state index contributed by atoms with van der Waals surface area (Å²) < 4.78 is 0. The monoisotopic (exact) mass is 322 g/mol. The number of allylic oxidation sites excluding steroid dienone is 1. The summed E-state index contributed by atoms with van der Waals surface area (Å²) in [5.41, 5.74) is 2.86. The van der Waals surface area contributed by atoms with Gasteiger partial charge in [-0.2, -0.15) is 0 Å². The van der Waals surface area contributed by atoms with Gasteiger partial charge in [0, 0.05) is 5.69 Å². The van der Waals surface area contributed by atoms with E-state index in [1.54, 1.807) is 4.90 Å². The second-order valence-corrected chi connectivity index (χ2v) is 6.94. The Balaban J connectivity index is 2.10. The highest BCUT2D eigenvalue weighted by Gasteiger charge is 2.29. The van der Waals surface area contributed by atoms with Crippen LogP contribution in [0.25, 0.3) is 0 Å². The predicted molar refractivity (Wildman–Crippen MR) is 97.6 cm³/mol. The van der Waals surface area contributed by atoms with Crippen LogP contribution >= 0.6 is 0 Å². The van der Waals surface area contributed by atoms with E-state index < -0.39 is 6.17 Å². The molecule has 0 aliphatic carbocycles. The Kier molecular flexibility index (Phi) is 4.06. The molecule has 0 fully saturated rings. The van der Waals surface area contributed by atoms with Crippen LogP contribution in [0.4, 0.5) is 5.69 Å². The normalized spacial score (nSPS) is 18.1. The number of aliphatic imine (C=N–C) groups is 1. The molecular formula is C20H22N2O2. The van der Waals surface area contributed by atoms with Crippen molar-refractivity contribution in [2.75, 3.05) is 4.90 Å². The molecule has 4 heteroatoms. The lowest BCUT2D eigenvalue weighted by Gasteiger charge is -2.33. The van der Waals surface area contributed by atoms with E-state index in [1.807, 2.05) is 48.5 Å². The van der Waals surface area contributed by atoms with Crippen LogP contribution in [0, 0.1) is 0 Å². The molecule has 0 saturated heterocycles. The van der Waals surface area contributed by atoms with E-state index in [0.717, 1.165) is 16.8 Å². The molecule has 0 amide bonds. The van der Waals surface area contributed by atoms with Crippen LogP contribution in [0.15, 0.2) is 71.2 Å². The number of aliphatic hydroxyl groups excluding tert-OH is 2. The maximum absolute atomic E-state index is 10.5. The van der Waals surface area contributed by atoms with Gasteiger partial charge in [0.15, 0.2) is 11.9 Å². The van der Waals surface area contributed by atoms with Crippen molar-refractivity contribution in [2.45, 2.75) is 32.4 Å². The number of hydrogen-bond donors (Lipinski definition) is 2. The van der Waals surface area contributed by atoms with E-state index in [-0.39, 0.29) is 17.1 Å². The van der Waals surface area contributed by atoms with E-state index >= 15 is 0 Å². The Bertz CT molecular complexity index is 789. The van der Waals surface area contributed by atoms with E-state index in [1.165, 1.54) is 6.21 Å². The summed E-state index contributed by atoms with van der Waals surface area (Å²) in [4.78, 5) is 6.07. The van der Waals surface area contributed by atoms with Crippen LogP contribution in [0.3, 0.4) is 0 Å². The Labute approximate surface area is 142 Å². The van der Waals surface area contributed by atoms with Gasteiger partial charge < -0.3 is 10.2 Å². The first-order valence-electron chi connectivity index (χ1n) is 7.98. The highest BCUT2D eigenvalue weighted by Crippen LogP contribution is 2.36. The zero-order valence-corrected chi connectivity index (χ0v) is 14.1. The number of anilines is 1. The Morgan fingerprint density at radius 1 is 0.958 bits per heavy atom. The van der Waals surface area contributed by atoms with Gasteiger partial charge in [-0.25, -0.2) is 0 Å². The molecule has 2 N–H and O–H groups in total. The molecule has 124 valence electrons. The van der Waals surface area contributed by atoms with E-state index in [9.17, 15) is 10.2 Å². The van der Waals surface area contributed by atoms with Crippen LogP contribution in [0.2, 0.25) is 0 Å². The predicted octanol–water partition coefficient (Wildman–Crippen LogP) is 4.86. The number of nitrogens with zero attached hydrogens (tertiary/aromatic N) is 2. The Morgan fingerprint density at radius 3 is 2.33 bits per heavy atom. The second-order valence-electron chi connectivity index (χ2n) is 6.94. The van der Waals surface area contributed by atoms with Gasteiger partial charge in [-0.15, -0.1) is 0 Å². The lowest BCUT2D eigenvalue weighted by atomic mass is 9.87. The third kappa shape index (κ3) is 3.00. The van der Waals surface area contributed by atoms with Gasteiger partial charge >= 0.3 is 0 Å². The molecule has 3 rings (SSSR count). The third-order valence-corrected chi connectivity index (χ3v) is 4.13. The van der Waals surface area contributed by atoms with Crippen molar-refractivity contribution in [1.82, 2.24) is 0 Å². The van der Waals surface area contributed by atoms with Crippen LogP contribution in [-0.2, 0) is 5.41 Å². The summed E-state index contributed by atoms with van der Waals surface area (Å²) >= 11 is 0. The number of benzene rings is 2. The van der Waals surface area contributed by atoms with Gasteiger partial charge in [0.25, 0.3) is 0 Å².